The number of alkyl carbamates (subject to hydrolysis) is 1. The van der Waals surface area contributed by atoms with Crippen molar-refractivity contribution in [1.82, 2.24) is 20.6 Å². The summed E-state index contributed by atoms with van der Waals surface area (Å²) >= 11 is 0. The zero-order chi connectivity index (χ0) is 32.2. The predicted octanol–water partition coefficient (Wildman–Crippen LogP) is 4.88. The summed E-state index contributed by atoms with van der Waals surface area (Å²) in [4.78, 5) is 56.2. The van der Waals surface area contributed by atoms with Gasteiger partial charge in [-0.3, -0.25) is 9.59 Å². The van der Waals surface area contributed by atoms with E-state index in [4.69, 9.17) is 9.47 Å². The van der Waals surface area contributed by atoms with E-state index in [0.717, 1.165) is 32.1 Å². The van der Waals surface area contributed by atoms with Crippen molar-refractivity contribution in [3.63, 3.8) is 0 Å². The standard InChI is InChI=1S/C32H42N6O6/c1-31(2,3)43-29(41)36-26(19-12-9-8-10-13-19)28(40)34-20-16-21-25-22(18-33-37-27(21)39)23(35-24(25)17-20)14-11-15-38(7)30(42)44-32(4,5)6/h16-19,26,35H,8-10,12-13,15H2,1-7H3,(H,34,40)(H,36,41)(H,37,39)/t26-/m1/s1. The zero-order valence-electron chi connectivity index (χ0n) is 26.5. The molecule has 1 aromatic heterocycles. The van der Waals surface area contributed by atoms with E-state index in [9.17, 15) is 19.2 Å². The summed E-state index contributed by atoms with van der Waals surface area (Å²) < 4.78 is 10.8. The minimum Gasteiger partial charge on any atom is -0.444 e. The molecule has 44 heavy (non-hydrogen) atoms. The van der Waals surface area contributed by atoms with Crippen LogP contribution in [-0.4, -0.2) is 70.9 Å². The highest BCUT2D eigenvalue weighted by molar-refractivity contribution is 6.16. The van der Waals surface area contributed by atoms with E-state index in [0.29, 0.717) is 33.4 Å². The van der Waals surface area contributed by atoms with Crippen LogP contribution in [0, 0.1) is 17.8 Å². The Morgan fingerprint density at radius 3 is 2.41 bits per heavy atom. The first kappa shape index (κ1) is 32.4. The van der Waals surface area contributed by atoms with Crippen LogP contribution in [0.25, 0.3) is 10.9 Å². The second kappa shape index (κ2) is 13.0. The maximum atomic E-state index is 13.6. The van der Waals surface area contributed by atoms with Gasteiger partial charge in [0.25, 0.3) is 5.91 Å². The summed E-state index contributed by atoms with van der Waals surface area (Å²) in [6, 6.07) is 2.50. The van der Waals surface area contributed by atoms with Crippen molar-refractivity contribution in [2.75, 3.05) is 18.9 Å². The van der Waals surface area contributed by atoms with Gasteiger partial charge in [-0.15, -0.1) is 0 Å². The van der Waals surface area contributed by atoms with E-state index in [1.807, 2.05) is 0 Å². The predicted molar refractivity (Wildman–Crippen MR) is 167 cm³/mol. The summed E-state index contributed by atoms with van der Waals surface area (Å²) in [5, 5.41) is 10.3. The molecule has 0 radical (unpaired) electrons. The van der Waals surface area contributed by atoms with Crippen molar-refractivity contribution in [2.24, 2.45) is 11.0 Å². The van der Waals surface area contributed by atoms with Crippen LogP contribution in [0.3, 0.4) is 0 Å². The Balaban J connectivity index is 1.61. The zero-order valence-corrected chi connectivity index (χ0v) is 26.5. The van der Waals surface area contributed by atoms with Gasteiger partial charge in [-0.2, -0.15) is 5.10 Å². The van der Waals surface area contributed by atoms with Crippen molar-refractivity contribution >= 4 is 46.8 Å². The lowest BCUT2D eigenvalue weighted by Crippen LogP contribution is -2.50. The number of ether oxygens (including phenoxy) is 2. The Morgan fingerprint density at radius 2 is 1.75 bits per heavy atom. The van der Waals surface area contributed by atoms with E-state index in [-0.39, 0.29) is 12.5 Å². The number of nitrogens with zero attached hydrogens (tertiary/aromatic N) is 2. The van der Waals surface area contributed by atoms with Crippen LogP contribution >= 0.6 is 0 Å². The fourth-order valence-electron chi connectivity index (χ4n) is 5.22. The van der Waals surface area contributed by atoms with Gasteiger partial charge in [0.15, 0.2) is 0 Å². The van der Waals surface area contributed by atoms with Gasteiger partial charge in [0.2, 0.25) is 5.91 Å². The highest BCUT2D eigenvalue weighted by atomic mass is 16.6. The second-order valence-corrected chi connectivity index (χ2v) is 13.2. The van der Waals surface area contributed by atoms with Crippen molar-refractivity contribution in [3.05, 3.63) is 29.0 Å². The molecule has 1 aliphatic heterocycles. The Kier molecular flexibility index (Phi) is 9.56. The highest BCUT2D eigenvalue weighted by Crippen LogP contribution is 2.31. The lowest BCUT2D eigenvalue weighted by atomic mass is 9.83. The molecule has 4 rings (SSSR count). The first-order valence-corrected chi connectivity index (χ1v) is 14.9. The second-order valence-electron chi connectivity index (χ2n) is 13.2. The summed E-state index contributed by atoms with van der Waals surface area (Å²) in [6.07, 6.45) is 5.02. The van der Waals surface area contributed by atoms with Crippen LogP contribution in [-0.2, 0) is 14.3 Å². The number of benzene rings is 1. The molecule has 2 aromatic rings. The molecule has 0 unspecified atom stereocenters. The van der Waals surface area contributed by atoms with Crippen LogP contribution in [0.5, 0.6) is 0 Å². The van der Waals surface area contributed by atoms with Crippen molar-refractivity contribution in [1.29, 1.82) is 0 Å². The van der Waals surface area contributed by atoms with Gasteiger partial charge in [-0.1, -0.05) is 25.2 Å². The number of H-pyrrole nitrogens is 1. The molecule has 2 heterocycles. The van der Waals surface area contributed by atoms with E-state index in [1.165, 1.54) is 11.1 Å². The molecule has 1 aliphatic carbocycles. The summed E-state index contributed by atoms with van der Waals surface area (Å²) in [5.41, 5.74) is 3.49. The lowest BCUT2D eigenvalue weighted by molar-refractivity contribution is -0.119. The monoisotopic (exact) mass is 606 g/mol. The number of nitrogens with one attached hydrogen (secondary N) is 4. The first-order valence-electron chi connectivity index (χ1n) is 14.9. The van der Waals surface area contributed by atoms with E-state index >= 15 is 0 Å². The van der Waals surface area contributed by atoms with Crippen LogP contribution in [0.2, 0.25) is 0 Å². The average Bonchev–Trinajstić information content (AvgIpc) is 3.16. The van der Waals surface area contributed by atoms with Crippen LogP contribution in [0.1, 0.15) is 95.3 Å². The molecule has 236 valence electrons. The third-order valence-electron chi connectivity index (χ3n) is 7.12. The topological polar surface area (TPSA) is 154 Å². The van der Waals surface area contributed by atoms with E-state index < -0.39 is 41.2 Å². The summed E-state index contributed by atoms with van der Waals surface area (Å²) in [7, 11) is 1.60. The largest absolute Gasteiger partial charge is 0.444 e. The number of carbonyl (C=O) groups excluding carboxylic acids is 4. The van der Waals surface area contributed by atoms with Crippen molar-refractivity contribution < 1.29 is 28.7 Å². The number of amides is 4. The SMILES string of the molecule is CN(CC#Cc1[nH]c2cc(NC(=O)[C@H](NC(=O)OC(C)(C)C)C3CCCCC3)cc3c2c1C=NNC3=O)C(=O)OC(C)(C)C. The number of carbonyl (C=O) groups is 4. The molecule has 1 saturated carbocycles. The molecule has 4 N–H and O–H groups in total. The third-order valence-corrected chi connectivity index (χ3v) is 7.12. The third kappa shape index (κ3) is 8.30. The van der Waals surface area contributed by atoms with Gasteiger partial charge in [-0.05, 0) is 78.4 Å². The van der Waals surface area contributed by atoms with Crippen LogP contribution in [0.15, 0.2) is 17.2 Å². The lowest BCUT2D eigenvalue weighted by Gasteiger charge is -2.31. The summed E-state index contributed by atoms with van der Waals surface area (Å²) in [6.45, 7) is 10.8. The van der Waals surface area contributed by atoms with Gasteiger partial charge >= 0.3 is 12.2 Å². The maximum Gasteiger partial charge on any atom is 0.410 e. The van der Waals surface area contributed by atoms with Gasteiger partial charge in [0.05, 0.1) is 24.0 Å². The molecular weight excluding hydrogens is 564 g/mol. The molecule has 1 aromatic carbocycles. The molecule has 0 saturated heterocycles. The van der Waals surface area contributed by atoms with Gasteiger partial charge in [-0.25, -0.2) is 15.0 Å². The minimum atomic E-state index is -0.806. The number of aromatic amines is 1. The molecule has 12 nitrogen and oxygen atoms in total. The molecular formula is C32H42N6O6. The molecule has 12 heteroatoms. The quantitative estimate of drug-likeness (QED) is 0.356. The normalized spacial score (nSPS) is 15.8. The Labute approximate surface area is 257 Å². The molecule has 4 amide bonds. The fraction of sp³-hybridized carbons (Fsp3) is 0.531. The maximum absolute atomic E-state index is 13.6. The molecule has 0 spiro atoms. The highest BCUT2D eigenvalue weighted by Gasteiger charge is 2.33. The Morgan fingerprint density at radius 1 is 1.07 bits per heavy atom. The molecule has 1 atom stereocenters. The van der Waals surface area contributed by atoms with E-state index in [2.05, 4.69) is 38.0 Å². The van der Waals surface area contributed by atoms with E-state index in [1.54, 1.807) is 60.7 Å². The molecule has 0 bridgehead atoms. The van der Waals surface area contributed by atoms with Gasteiger partial charge in [0, 0.05) is 29.2 Å². The average molecular weight is 607 g/mol. The number of hydrogen-bond donors (Lipinski definition) is 4. The number of rotatable bonds is 5. The van der Waals surface area contributed by atoms with Gasteiger partial charge in [0.1, 0.15) is 17.2 Å². The smallest absolute Gasteiger partial charge is 0.410 e. The Bertz CT molecular complexity index is 1530. The number of anilines is 1. The van der Waals surface area contributed by atoms with Crippen molar-refractivity contribution in [2.45, 2.75) is 90.9 Å². The van der Waals surface area contributed by atoms with Gasteiger partial charge < -0.3 is 30.0 Å². The van der Waals surface area contributed by atoms with Crippen LogP contribution < -0.4 is 16.1 Å². The minimum absolute atomic E-state index is 0.0453. The first-order chi connectivity index (χ1) is 20.6. The van der Waals surface area contributed by atoms with Crippen molar-refractivity contribution in [3.8, 4) is 11.8 Å². The Hall–Kier alpha value is -4.53. The number of hydrazone groups is 1. The molecule has 1 fully saturated rings. The summed E-state index contributed by atoms with van der Waals surface area (Å²) in [5.74, 6) is 5.12. The number of aromatic nitrogens is 1. The number of hydrogen-bond acceptors (Lipinski definition) is 7. The van der Waals surface area contributed by atoms with Crippen LogP contribution in [0.4, 0.5) is 15.3 Å². The fourth-order valence-corrected chi connectivity index (χ4v) is 5.22. The molecule has 2 aliphatic rings.